The van der Waals surface area contributed by atoms with Crippen LogP contribution in [-0.2, 0) is 55.9 Å². The van der Waals surface area contributed by atoms with E-state index in [-0.39, 0.29) is 94.5 Å². The van der Waals surface area contributed by atoms with E-state index in [1.165, 1.54) is 48.2 Å². The maximum absolute atomic E-state index is 13.7. The number of alkyl halides is 3. The van der Waals surface area contributed by atoms with Gasteiger partial charge in [0.2, 0.25) is 29.5 Å². The molecule has 11 aromatic rings. The number of likely N-dealkylation sites (tertiary alicyclic amines) is 1. The molecule has 0 radical (unpaired) electrons. The summed E-state index contributed by atoms with van der Waals surface area (Å²) in [5.74, 6) is -1.58. The van der Waals surface area contributed by atoms with E-state index in [2.05, 4.69) is 121 Å². The van der Waals surface area contributed by atoms with Crippen LogP contribution in [0.5, 0.6) is 5.75 Å². The summed E-state index contributed by atoms with van der Waals surface area (Å²) in [6.07, 6.45) is 13.9. The summed E-state index contributed by atoms with van der Waals surface area (Å²) < 4.78 is 48.1. The lowest BCUT2D eigenvalue weighted by atomic mass is 9.82. The molecule has 8 heterocycles. The molecule has 1 saturated heterocycles. The molecule has 142 heavy (non-hydrogen) atoms. The molecule has 4 aromatic carbocycles. The topological polar surface area (TPSA) is 352 Å². The minimum absolute atomic E-state index is 0.0200. The Morgan fingerprint density at radius 2 is 0.824 bits per heavy atom. The van der Waals surface area contributed by atoms with Gasteiger partial charge in [-0.25, -0.2) is 0 Å². The van der Waals surface area contributed by atoms with Crippen molar-refractivity contribution >= 4 is 52.9 Å². The van der Waals surface area contributed by atoms with Gasteiger partial charge in [-0.15, -0.1) is 0 Å². The molecule has 0 saturated carbocycles. The fraction of sp³-hybridized carbons (Fsp3) is 0.398. The lowest BCUT2D eigenvalue weighted by Crippen LogP contribution is -2.55. The summed E-state index contributed by atoms with van der Waals surface area (Å²) in [5, 5.41) is 21.2. The smallest absolute Gasteiger partial charge is 0.417 e. The average Bonchev–Trinajstić information content (AvgIpc) is 0.793. The van der Waals surface area contributed by atoms with E-state index >= 15 is 0 Å². The van der Waals surface area contributed by atoms with Gasteiger partial charge in [-0.3, -0.25) is 77.5 Å². The summed E-state index contributed by atoms with van der Waals surface area (Å²) in [6.45, 7) is 40.5. The maximum Gasteiger partial charge on any atom is 0.417 e. The Labute approximate surface area is 829 Å². The second kappa shape index (κ2) is 50.2. The Morgan fingerprint density at radius 3 is 1.21 bits per heavy atom. The number of piperidine rings is 1. The number of carboxylic acid groups (broad SMARTS) is 1. The Hall–Kier alpha value is -14.3. The van der Waals surface area contributed by atoms with Crippen molar-refractivity contribution in [1.29, 1.82) is 0 Å². The van der Waals surface area contributed by atoms with Gasteiger partial charge in [0, 0.05) is 146 Å². The molecule has 752 valence electrons. The van der Waals surface area contributed by atoms with E-state index in [9.17, 15) is 75.8 Å². The van der Waals surface area contributed by atoms with Crippen LogP contribution in [0.2, 0.25) is 0 Å². The quantitative estimate of drug-likeness (QED) is 0.0246. The fourth-order valence-corrected chi connectivity index (χ4v) is 18.0. The number of nitrogens with zero attached hydrogens (tertiary/aromatic N) is 8. The number of rotatable bonds is 35. The Morgan fingerprint density at radius 1 is 0.451 bits per heavy atom. The van der Waals surface area contributed by atoms with Crippen molar-refractivity contribution in [2.24, 2.45) is 23.2 Å². The van der Waals surface area contributed by atoms with Crippen molar-refractivity contribution in [2.75, 3.05) is 13.7 Å². The largest absolute Gasteiger partial charge is 0.496 e. The van der Waals surface area contributed by atoms with Gasteiger partial charge in [0.1, 0.15) is 47.8 Å². The maximum atomic E-state index is 13.7. The first-order chi connectivity index (χ1) is 66.9. The number of carbonyl (C=O) groups is 9. The SMILES string of the molecule is CC(=O)C[C@@H](NC(=O)[C@H](CC(C)C)n1ccc(C)cc1=O)c1cncc(-c2c(C)cccc2C)c1.CC(=O)C[C@H](NC(=O)[C@@H](CC(C)C)N1CC(C)(C)CCC1=O)c1cncc(-c2c(C)cccc2C)c1.COc1cccc(C)c1-c1cncc([C@H](CC(C)=O)NC(=O)[C@@H](CC(C)C)n2ccc(C)cc2=O)c1.Cc1cccc(C)c1-c1cc(C(CC(=O)O)NC(=O)Cn2cc(C(F)(F)F)ccc2=O)cnc1C. The first-order valence-electron chi connectivity index (χ1n) is 47.9. The molecule has 0 bridgehead atoms. The summed E-state index contributed by atoms with van der Waals surface area (Å²) >= 11 is 0. The highest BCUT2D eigenvalue weighted by Gasteiger charge is 2.40. The van der Waals surface area contributed by atoms with Gasteiger partial charge in [-0.2, -0.15) is 13.2 Å². The van der Waals surface area contributed by atoms with Crippen LogP contribution in [0.25, 0.3) is 44.5 Å². The summed E-state index contributed by atoms with van der Waals surface area (Å²) in [7, 11) is 1.62. The number of carbonyl (C=O) groups excluding carboxylic acids is 8. The third-order valence-corrected chi connectivity index (χ3v) is 25.0. The van der Waals surface area contributed by atoms with Gasteiger partial charge >= 0.3 is 12.1 Å². The third kappa shape index (κ3) is 31.1. The number of Topliss-reactive ketones (excluding diaryl/α,β-unsaturated/α-hetero) is 3. The summed E-state index contributed by atoms with van der Waals surface area (Å²) in [5.41, 5.74) is 17.8. The molecule has 7 aromatic heterocycles. The number of carboxylic acids is 1. The number of aliphatic carboxylic acids is 1. The first-order valence-corrected chi connectivity index (χ1v) is 47.9. The van der Waals surface area contributed by atoms with E-state index < -0.39 is 84.4 Å². The monoisotopic (exact) mass is 1940 g/mol. The predicted molar refractivity (Wildman–Crippen MR) is 546 cm³/mol. The number of nitrogens with one attached hydrogen (secondary N) is 4. The third-order valence-electron chi connectivity index (χ3n) is 25.0. The number of halogens is 3. The van der Waals surface area contributed by atoms with Gasteiger partial charge in [0.25, 0.3) is 16.7 Å². The molecule has 1 unspecified atom stereocenters. The van der Waals surface area contributed by atoms with Crippen molar-refractivity contribution in [3.63, 3.8) is 0 Å². The number of hydrogen-bond donors (Lipinski definition) is 5. The molecule has 12 rings (SSSR count). The summed E-state index contributed by atoms with van der Waals surface area (Å²) in [4.78, 5) is 171. The molecule has 1 aliphatic rings. The van der Waals surface area contributed by atoms with E-state index in [0.29, 0.717) is 65.9 Å². The first kappa shape index (κ1) is 111. The Bertz CT molecular complexity index is 6530. The molecule has 1 fully saturated rings. The Kier molecular flexibility index (Phi) is 39.4. The molecule has 5 N–H and O–H groups in total. The van der Waals surface area contributed by atoms with Crippen molar-refractivity contribution in [3.8, 4) is 50.3 Å². The highest BCUT2D eigenvalue weighted by molar-refractivity contribution is 5.90. The van der Waals surface area contributed by atoms with Gasteiger partial charge in [0.05, 0.1) is 43.3 Å². The van der Waals surface area contributed by atoms with Gasteiger partial charge in [0.15, 0.2) is 0 Å². The highest BCUT2D eigenvalue weighted by atomic mass is 19.4. The Balaban J connectivity index is 0.000000211. The molecular weight excluding hydrogens is 1810 g/mol. The van der Waals surface area contributed by atoms with E-state index in [1.54, 1.807) is 61.5 Å². The normalized spacial score (nSPS) is 13.8. The molecule has 1 aliphatic heterocycles. The fourth-order valence-electron chi connectivity index (χ4n) is 18.0. The number of aromatic nitrogens is 7. The highest BCUT2D eigenvalue weighted by Crippen LogP contribution is 2.39. The van der Waals surface area contributed by atoms with Crippen molar-refractivity contribution < 1.29 is 66.2 Å². The van der Waals surface area contributed by atoms with Crippen molar-refractivity contribution in [2.45, 2.75) is 258 Å². The molecule has 5 amide bonds. The molecule has 7 atom stereocenters. The van der Waals surface area contributed by atoms with Crippen LogP contribution in [0.4, 0.5) is 13.2 Å². The van der Waals surface area contributed by atoms with Crippen LogP contribution in [0.15, 0.2) is 210 Å². The minimum Gasteiger partial charge on any atom is -0.496 e. The lowest BCUT2D eigenvalue weighted by molar-refractivity contribution is -0.146. The van der Waals surface area contributed by atoms with Crippen LogP contribution >= 0.6 is 0 Å². The molecule has 0 aliphatic carbocycles. The number of amides is 5. The van der Waals surface area contributed by atoms with Crippen LogP contribution in [0.3, 0.4) is 0 Å². The van der Waals surface area contributed by atoms with E-state index in [4.69, 9.17) is 4.74 Å². The van der Waals surface area contributed by atoms with Gasteiger partial charge in [-0.1, -0.05) is 122 Å². The second-order valence-electron chi connectivity index (χ2n) is 39.4. The van der Waals surface area contributed by atoms with Crippen LogP contribution < -0.4 is 42.7 Å². The average molecular weight is 1940 g/mol. The van der Waals surface area contributed by atoms with Gasteiger partial charge in [-0.05, 0) is 276 Å². The van der Waals surface area contributed by atoms with E-state index in [0.717, 1.165) is 124 Å². The number of ether oxygens (including phenoxy) is 1. The number of aryl methyl sites for hydroxylation is 10. The van der Waals surface area contributed by atoms with Gasteiger partial charge < -0.3 is 49.7 Å². The van der Waals surface area contributed by atoms with Crippen LogP contribution in [0, 0.1) is 92.4 Å². The molecule has 26 nitrogen and oxygen atoms in total. The second-order valence-corrected chi connectivity index (χ2v) is 39.4. The number of pyridine rings is 7. The van der Waals surface area contributed by atoms with Crippen molar-refractivity contribution in [1.82, 2.24) is 59.8 Å². The van der Waals surface area contributed by atoms with Crippen LogP contribution in [-0.4, -0.2) is 116 Å². The molecule has 0 spiro atoms. The minimum atomic E-state index is -4.69. The molecule has 29 heteroatoms. The van der Waals surface area contributed by atoms with Crippen LogP contribution in [0.1, 0.15) is 254 Å². The molecular formula is C113H135F3N12O14. The van der Waals surface area contributed by atoms with E-state index in [1.807, 2.05) is 154 Å². The zero-order valence-electron chi connectivity index (χ0n) is 85.5. The number of ketones is 3. The number of hydrogen-bond acceptors (Lipinski definition) is 17. The predicted octanol–water partition coefficient (Wildman–Crippen LogP) is 20.0. The number of methoxy groups -OCH3 is 1. The van der Waals surface area contributed by atoms with Crippen molar-refractivity contribution in [3.05, 3.63) is 310 Å². The standard InChI is InChI=1S/C30H41N3O3.C29H35N3O4.C29H35N3O3.C25H24F3N3O4/c1-19(2)13-26(33-18-30(6,7)12-11-27(33)35)29(36)32-25(14-22(5)34)23-15-24(17-31-16-23)28-20(3)9-8-10-21(28)4;1-18(2)12-25(32-11-10-19(3)13-27(32)34)29(35)31-24(14-21(5)33)22-15-23(17-30-16-22)28-20(4)8-7-9-26(28)36-6;1-18(2)12-26(32-11-10-19(3)13-27(32)34)29(35)31-25(14-22(6)33)23-15-24(17-30-16-23)28-20(4)8-7-9-21(28)5;1-14-5-4-6-15(2)24(14)19-9-17(11-29-16(19)3)20(10-23(34)35)30-21(32)13-31-12-18(25(26,27)28)7-8-22(31)33/h8-10,15-17,19,25-26H,11-14,18H2,1-7H3,(H,32,36);7-11,13,15-18,24-25H,12,14H2,1-6H3,(H,31,35);7-11,13,15-18,25-26H,12,14H2,1-6H3,(H,31,35);4-9,11-12,20H,10,13H2,1-3H3,(H,30,32)(H,34,35)/t25-,26+;24-,25+;25-,26+;/m001./s1. The zero-order valence-corrected chi connectivity index (χ0v) is 85.5. The summed E-state index contributed by atoms with van der Waals surface area (Å²) in [6, 6.07) is 35.1. The zero-order chi connectivity index (χ0) is 105. The number of benzene rings is 4. The lowest BCUT2D eigenvalue weighted by Gasteiger charge is -2.42.